The number of phenolic OH excluding ortho intramolecular Hbond substituents is 1. The smallest absolute Gasteiger partial charge is 0.255 e. The average Bonchev–Trinajstić information content (AvgIpc) is 2.90. The fourth-order valence-electron chi connectivity index (χ4n) is 6.51. The Balaban J connectivity index is 1.72. The third-order valence-electron chi connectivity index (χ3n) is 8.36. The molecule has 1 aromatic carbocycles. The van der Waals surface area contributed by atoms with Crippen LogP contribution in [-0.2, 0) is 20.8 Å². The number of likely N-dealkylation sites (N-methyl/N-ethyl adjacent to an activating group) is 1. The van der Waals surface area contributed by atoms with Gasteiger partial charge in [0.1, 0.15) is 28.6 Å². The van der Waals surface area contributed by atoms with Crippen molar-refractivity contribution >= 4 is 34.6 Å². The Labute approximate surface area is 237 Å². The van der Waals surface area contributed by atoms with Crippen LogP contribution in [0, 0.1) is 23.7 Å². The predicted octanol–water partition coefficient (Wildman–Crippen LogP) is 0.782. The summed E-state index contributed by atoms with van der Waals surface area (Å²) in [5.41, 5.74) is 3.62. The summed E-state index contributed by atoms with van der Waals surface area (Å²) in [5.74, 6) is -1.08. The van der Waals surface area contributed by atoms with E-state index in [4.69, 9.17) is 5.73 Å². The maximum Gasteiger partial charge on any atom is 0.255 e. The normalized spacial score (nSPS) is 27.1. The van der Waals surface area contributed by atoms with E-state index >= 15 is 0 Å². The van der Waals surface area contributed by atoms with Crippen LogP contribution in [0.1, 0.15) is 29.5 Å². The van der Waals surface area contributed by atoms with E-state index < -0.39 is 58.0 Å². The number of rotatable bonds is 3. The van der Waals surface area contributed by atoms with Gasteiger partial charge in [0.05, 0.1) is 17.2 Å². The molecule has 1 aromatic rings. The van der Waals surface area contributed by atoms with Gasteiger partial charge in [0, 0.05) is 37.8 Å². The number of aliphatic imine (C=N–C) groups is 1. The largest absolute Gasteiger partial charge is 0.508 e. The predicted molar refractivity (Wildman–Crippen MR) is 152 cm³/mol. The molecular weight excluding hydrogens is 528 g/mol. The van der Waals surface area contributed by atoms with Crippen molar-refractivity contribution in [3.05, 3.63) is 51.8 Å². The summed E-state index contributed by atoms with van der Waals surface area (Å²) >= 11 is 0. The number of fused-ring (bicyclic) bond motifs is 3. The number of hydrogen-bond acceptors (Lipinski definition) is 10. The van der Waals surface area contributed by atoms with Gasteiger partial charge < -0.3 is 31.1 Å². The Morgan fingerprint density at radius 3 is 2.44 bits per heavy atom. The molecule has 1 saturated carbocycles. The van der Waals surface area contributed by atoms with Crippen molar-refractivity contribution in [2.75, 3.05) is 39.6 Å². The fourth-order valence-corrected chi connectivity index (χ4v) is 6.51. The number of dihydropyridines is 1. The summed E-state index contributed by atoms with van der Waals surface area (Å²) in [5, 5.41) is 45.7. The van der Waals surface area contributed by atoms with Crippen LogP contribution >= 0.6 is 0 Å². The monoisotopic (exact) mass is 560 g/mol. The molecule has 1 heterocycles. The first-order valence-electron chi connectivity index (χ1n) is 13.2. The summed E-state index contributed by atoms with van der Waals surface area (Å²) in [6.45, 7) is 0.610. The number of ketones is 2. The van der Waals surface area contributed by atoms with E-state index in [-0.39, 0.29) is 35.3 Å². The second-order valence-electron chi connectivity index (χ2n) is 11.2. The Morgan fingerprint density at radius 1 is 1.15 bits per heavy atom. The lowest BCUT2D eigenvalue weighted by atomic mass is 9.57. The van der Waals surface area contributed by atoms with E-state index in [0.717, 1.165) is 6.42 Å². The Bertz CT molecular complexity index is 1590. The van der Waals surface area contributed by atoms with Crippen LogP contribution in [-0.4, -0.2) is 94.9 Å². The molecule has 0 spiro atoms. The first-order chi connectivity index (χ1) is 19.3. The number of hydrogen-bond donors (Lipinski definition) is 5. The first-order valence-corrected chi connectivity index (χ1v) is 13.2. The second-order valence-corrected chi connectivity index (χ2v) is 11.2. The number of anilines is 1. The number of primary amides is 1. The molecule has 11 nitrogen and oxygen atoms in total. The zero-order valence-electron chi connectivity index (χ0n) is 23.2. The van der Waals surface area contributed by atoms with Gasteiger partial charge in [-0.05, 0) is 62.9 Å². The number of aliphatic hydroxyl groups excluding tert-OH is 2. The van der Waals surface area contributed by atoms with Gasteiger partial charge in [-0.2, -0.15) is 0 Å². The molecule has 5 rings (SSSR count). The highest BCUT2D eigenvalue weighted by Crippen LogP contribution is 2.54. The van der Waals surface area contributed by atoms with Crippen LogP contribution in [0.4, 0.5) is 5.69 Å². The Kier molecular flexibility index (Phi) is 6.80. The van der Waals surface area contributed by atoms with E-state index in [1.807, 2.05) is 6.08 Å². The fraction of sp³-hybridized carbons (Fsp3) is 0.400. The molecule has 4 atom stereocenters. The van der Waals surface area contributed by atoms with Gasteiger partial charge in [-0.15, -0.1) is 0 Å². The minimum Gasteiger partial charge on any atom is -0.508 e. The number of carbonyl (C=O) groups is 3. The van der Waals surface area contributed by atoms with Gasteiger partial charge in [0.15, 0.2) is 11.4 Å². The van der Waals surface area contributed by atoms with Crippen LogP contribution in [0.2, 0.25) is 0 Å². The van der Waals surface area contributed by atoms with Gasteiger partial charge in [0.2, 0.25) is 5.78 Å². The number of phenols is 1. The molecule has 0 aromatic heterocycles. The number of allylic oxidation sites excluding steroid dienone is 1. The van der Waals surface area contributed by atoms with Crippen molar-refractivity contribution in [1.82, 2.24) is 4.90 Å². The summed E-state index contributed by atoms with van der Waals surface area (Å²) in [6, 6.07) is 0.567. The van der Waals surface area contributed by atoms with Crippen LogP contribution in [0.15, 0.2) is 40.1 Å². The number of nitrogens with two attached hydrogens (primary N) is 1. The highest BCUT2D eigenvalue weighted by Gasteiger charge is 2.64. The molecular formula is C30H32N4O7. The van der Waals surface area contributed by atoms with Crippen molar-refractivity contribution in [2.24, 2.45) is 22.6 Å². The van der Waals surface area contributed by atoms with Crippen LogP contribution in [0.5, 0.6) is 5.75 Å². The molecule has 0 radical (unpaired) electrons. The van der Waals surface area contributed by atoms with Gasteiger partial charge in [-0.25, -0.2) is 0 Å². The summed E-state index contributed by atoms with van der Waals surface area (Å²) in [6.07, 6.45) is 4.77. The molecule has 1 aliphatic heterocycles. The van der Waals surface area contributed by atoms with E-state index in [1.165, 1.54) is 4.90 Å². The third-order valence-corrected chi connectivity index (χ3v) is 8.36. The highest BCUT2D eigenvalue weighted by atomic mass is 16.3. The van der Waals surface area contributed by atoms with Gasteiger partial charge in [-0.1, -0.05) is 12.0 Å². The maximum absolute atomic E-state index is 14.0. The van der Waals surface area contributed by atoms with Crippen LogP contribution in [0.25, 0.3) is 5.76 Å². The van der Waals surface area contributed by atoms with Crippen LogP contribution in [0.3, 0.4) is 0 Å². The van der Waals surface area contributed by atoms with E-state index in [0.29, 0.717) is 23.5 Å². The SMILES string of the molecule is CN(C)c1cc(C#CC2=NCCC=C2)c(O)c2c1C[C@H]1C[C@H]3[C@H](N(C)C)C(=O)C(C(N)=O)=C(O)[C@@]3(O)C(=O)C1=C2O. The number of aromatic hydroxyl groups is 1. The Morgan fingerprint density at radius 2 is 1.85 bits per heavy atom. The lowest BCUT2D eigenvalue weighted by Gasteiger charge is -2.50. The molecule has 4 aliphatic rings. The van der Waals surface area contributed by atoms with Crippen molar-refractivity contribution in [1.29, 1.82) is 0 Å². The zero-order chi connectivity index (χ0) is 30.0. The summed E-state index contributed by atoms with van der Waals surface area (Å²) < 4.78 is 0. The van der Waals surface area contributed by atoms with E-state index in [2.05, 4.69) is 16.8 Å². The Hall–Kier alpha value is -4.40. The molecule has 41 heavy (non-hydrogen) atoms. The number of nitrogens with zero attached hydrogens (tertiary/aromatic N) is 3. The molecule has 0 unspecified atom stereocenters. The number of amides is 1. The third kappa shape index (κ3) is 4.13. The quantitative estimate of drug-likeness (QED) is 0.264. The molecule has 0 bridgehead atoms. The minimum atomic E-state index is -2.69. The lowest BCUT2D eigenvalue weighted by Crippen LogP contribution is -2.65. The van der Waals surface area contributed by atoms with Gasteiger partial charge >= 0.3 is 0 Å². The maximum atomic E-state index is 14.0. The topological polar surface area (TPSA) is 177 Å². The van der Waals surface area contributed by atoms with E-state index in [9.17, 15) is 34.8 Å². The van der Waals surface area contributed by atoms with Crippen molar-refractivity contribution in [3.8, 4) is 17.6 Å². The van der Waals surface area contributed by atoms with Gasteiger partial charge in [0.25, 0.3) is 5.91 Å². The minimum absolute atomic E-state index is 0.00193. The zero-order valence-corrected chi connectivity index (χ0v) is 23.2. The van der Waals surface area contributed by atoms with Gasteiger partial charge in [-0.3, -0.25) is 24.3 Å². The van der Waals surface area contributed by atoms with E-state index in [1.54, 1.807) is 45.2 Å². The standard InChI is InChI=1S/C30H32N4O7/c1-33(2)19-13-14(8-9-16-7-5-6-10-32-16)24(35)21-17(19)11-15-12-18-23(34(3)4)26(37)22(29(31)40)28(39)30(18,41)27(38)20(15)25(21)36/h5,7,13,15,18,23,35-36,39,41H,6,10-12H2,1-4H3,(H2,31,40)/t15-,18-,23-,30-/m0/s1. The van der Waals surface area contributed by atoms with Crippen LogP contribution < -0.4 is 10.6 Å². The number of benzene rings is 1. The molecule has 214 valence electrons. The molecule has 1 fully saturated rings. The molecule has 3 aliphatic carbocycles. The number of carbonyl (C=O) groups excluding carboxylic acids is 3. The molecule has 11 heteroatoms. The highest BCUT2D eigenvalue weighted by molar-refractivity contribution is 6.24. The number of Topliss-reactive ketones (excluding diaryl/α,β-unsaturated/α-hetero) is 2. The van der Waals surface area contributed by atoms with Crippen molar-refractivity contribution < 1.29 is 34.8 Å². The number of aliphatic hydroxyl groups is 3. The molecule has 0 saturated heterocycles. The van der Waals surface area contributed by atoms with Crippen molar-refractivity contribution in [2.45, 2.75) is 30.9 Å². The first kappa shape index (κ1) is 28.1. The van der Waals surface area contributed by atoms with Crippen molar-refractivity contribution in [3.63, 3.8) is 0 Å². The molecule has 1 amide bonds. The lowest BCUT2D eigenvalue weighted by molar-refractivity contribution is -0.153. The average molecular weight is 561 g/mol. The molecule has 6 N–H and O–H groups in total. The summed E-state index contributed by atoms with van der Waals surface area (Å²) in [7, 11) is 6.73. The summed E-state index contributed by atoms with van der Waals surface area (Å²) in [4.78, 5) is 47.1. The second kappa shape index (κ2) is 9.90.